The summed E-state index contributed by atoms with van der Waals surface area (Å²) in [4.78, 5) is 18.3. The van der Waals surface area contributed by atoms with Crippen LogP contribution in [0.1, 0.15) is 51.7 Å². The van der Waals surface area contributed by atoms with Gasteiger partial charge in [0.2, 0.25) is 0 Å². The van der Waals surface area contributed by atoms with E-state index in [-0.39, 0.29) is 11.0 Å². The summed E-state index contributed by atoms with van der Waals surface area (Å²) in [6, 6.07) is 8.45. The van der Waals surface area contributed by atoms with Crippen molar-refractivity contribution in [1.82, 2.24) is 9.55 Å². The lowest BCUT2D eigenvalue weighted by atomic mass is 9.66. The van der Waals surface area contributed by atoms with Crippen molar-refractivity contribution in [3.63, 3.8) is 0 Å². The lowest BCUT2D eigenvalue weighted by Gasteiger charge is -2.38. The number of hydrogen-bond acceptors (Lipinski definition) is 3. The van der Waals surface area contributed by atoms with Gasteiger partial charge in [-0.05, 0) is 30.7 Å². The summed E-state index contributed by atoms with van der Waals surface area (Å²) >= 11 is 1.68. The second-order valence-electron chi connectivity index (χ2n) is 7.51. The van der Waals surface area contributed by atoms with Gasteiger partial charge >= 0.3 is 0 Å². The van der Waals surface area contributed by atoms with E-state index in [1.807, 2.05) is 13.1 Å². The average Bonchev–Trinajstić information content (AvgIpc) is 2.62. The van der Waals surface area contributed by atoms with Crippen LogP contribution in [0.3, 0.4) is 0 Å². The van der Waals surface area contributed by atoms with Crippen LogP contribution in [0.4, 0.5) is 0 Å². The molecule has 0 spiro atoms. The second kappa shape index (κ2) is 6.99. The van der Waals surface area contributed by atoms with Crippen molar-refractivity contribution < 1.29 is 0 Å². The molecule has 0 fully saturated rings. The number of benzene rings is 1. The summed E-state index contributed by atoms with van der Waals surface area (Å²) < 4.78 is 1.76. The van der Waals surface area contributed by atoms with Gasteiger partial charge in [0.15, 0.2) is 5.16 Å². The van der Waals surface area contributed by atoms with Gasteiger partial charge in [0, 0.05) is 23.8 Å². The molecule has 0 saturated heterocycles. The molecule has 1 aromatic carbocycles. The van der Waals surface area contributed by atoms with E-state index in [0.29, 0.717) is 5.92 Å². The van der Waals surface area contributed by atoms with E-state index in [4.69, 9.17) is 4.98 Å². The predicted molar refractivity (Wildman–Crippen MR) is 106 cm³/mol. The molecular weight excluding hydrogens is 328 g/mol. The third-order valence-electron chi connectivity index (χ3n) is 5.48. The Morgan fingerprint density at radius 3 is 2.56 bits per heavy atom. The zero-order valence-corrected chi connectivity index (χ0v) is 16.7. The Labute approximate surface area is 154 Å². The number of aromatic nitrogens is 2. The van der Waals surface area contributed by atoms with Crippen LogP contribution in [-0.2, 0) is 18.9 Å². The first-order valence-corrected chi connectivity index (χ1v) is 10.2. The number of hydrogen-bond donors (Lipinski definition) is 0. The van der Waals surface area contributed by atoms with Crippen molar-refractivity contribution in [2.75, 3.05) is 5.75 Å². The monoisotopic (exact) mass is 356 g/mol. The Hall–Kier alpha value is -1.55. The molecule has 4 heteroatoms. The van der Waals surface area contributed by atoms with Gasteiger partial charge in [-0.2, -0.15) is 0 Å². The molecule has 25 heavy (non-hydrogen) atoms. The van der Waals surface area contributed by atoms with Gasteiger partial charge in [-0.3, -0.25) is 9.36 Å². The molecule has 0 unspecified atom stereocenters. The van der Waals surface area contributed by atoms with Crippen LogP contribution < -0.4 is 5.56 Å². The van der Waals surface area contributed by atoms with Gasteiger partial charge in [-0.15, -0.1) is 0 Å². The van der Waals surface area contributed by atoms with Crippen LogP contribution in [0.2, 0.25) is 0 Å². The van der Waals surface area contributed by atoms with Crippen molar-refractivity contribution in [3.8, 4) is 11.3 Å². The number of rotatable bonds is 5. The Balaban J connectivity index is 2.27. The number of thioether (sulfide) groups is 1. The molecule has 0 N–H and O–H groups in total. The van der Waals surface area contributed by atoms with Crippen LogP contribution in [0.5, 0.6) is 0 Å². The fourth-order valence-electron chi connectivity index (χ4n) is 3.84. The Kier molecular flexibility index (Phi) is 5.10. The molecule has 0 aliphatic heterocycles. The predicted octanol–water partition coefficient (Wildman–Crippen LogP) is 4.81. The first kappa shape index (κ1) is 18.2. The average molecular weight is 357 g/mol. The molecule has 1 aromatic heterocycles. The van der Waals surface area contributed by atoms with Crippen molar-refractivity contribution in [2.45, 2.75) is 57.5 Å². The van der Waals surface area contributed by atoms with E-state index in [0.717, 1.165) is 47.0 Å². The minimum atomic E-state index is -0.104. The number of nitrogens with zero attached hydrogens (tertiary/aromatic N) is 2. The summed E-state index contributed by atoms with van der Waals surface area (Å²) in [5, 5.41) is 0.829. The van der Waals surface area contributed by atoms with Crippen molar-refractivity contribution in [1.29, 1.82) is 0 Å². The topological polar surface area (TPSA) is 34.9 Å². The van der Waals surface area contributed by atoms with Crippen molar-refractivity contribution in [2.24, 2.45) is 13.0 Å². The third-order valence-corrected chi connectivity index (χ3v) is 6.94. The first-order valence-electron chi connectivity index (χ1n) is 9.26. The highest BCUT2D eigenvalue weighted by Gasteiger charge is 2.40. The number of fused-ring (bicyclic) bond motifs is 3. The van der Waals surface area contributed by atoms with E-state index in [2.05, 4.69) is 45.9 Å². The molecule has 3 nitrogen and oxygen atoms in total. The molecule has 0 radical (unpaired) electrons. The Bertz CT molecular complexity index is 834. The van der Waals surface area contributed by atoms with Gasteiger partial charge in [-0.1, -0.05) is 63.7 Å². The fraction of sp³-hybridized carbons (Fsp3) is 0.524. The highest BCUT2D eigenvalue weighted by molar-refractivity contribution is 7.99. The second-order valence-corrected chi connectivity index (χ2v) is 8.50. The molecule has 3 rings (SSSR count). The minimum absolute atomic E-state index is 0.104. The van der Waals surface area contributed by atoms with Crippen LogP contribution in [-0.4, -0.2) is 15.3 Å². The Morgan fingerprint density at radius 1 is 1.24 bits per heavy atom. The largest absolute Gasteiger partial charge is 0.290 e. The molecular formula is C21H28N2OS. The van der Waals surface area contributed by atoms with Gasteiger partial charge in [0.1, 0.15) is 0 Å². The fourth-order valence-corrected chi connectivity index (χ4v) is 4.75. The molecule has 0 amide bonds. The minimum Gasteiger partial charge on any atom is -0.290 e. The van der Waals surface area contributed by atoms with Crippen LogP contribution in [0.15, 0.2) is 34.2 Å². The van der Waals surface area contributed by atoms with Gasteiger partial charge in [0.05, 0.1) is 11.3 Å². The highest BCUT2D eigenvalue weighted by Crippen LogP contribution is 2.44. The van der Waals surface area contributed by atoms with Crippen LogP contribution in [0.25, 0.3) is 11.3 Å². The molecule has 134 valence electrons. The maximum absolute atomic E-state index is 13.3. The molecule has 1 aliphatic rings. The SMILES string of the molecule is CCC1(CC)Cc2ccccc2-c2nc(SCC(C)C)n(C)c(=O)c21. The van der Waals surface area contributed by atoms with Crippen LogP contribution in [0, 0.1) is 5.92 Å². The van der Waals surface area contributed by atoms with Gasteiger partial charge in [-0.25, -0.2) is 4.98 Å². The van der Waals surface area contributed by atoms with E-state index < -0.39 is 0 Å². The van der Waals surface area contributed by atoms with E-state index in [9.17, 15) is 4.79 Å². The maximum atomic E-state index is 13.3. The van der Waals surface area contributed by atoms with Crippen molar-refractivity contribution >= 4 is 11.8 Å². The van der Waals surface area contributed by atoms with Crippen LogP contribution >= 0.6 is 11.8 Å². The summed E-state index contributed by atoms with van der Waals surface area (Å²) in [7, 11) is 1.87. The summed E-state index contributed by atoms with van der Waals surface area (Å²) in [6.45, 7) is 8.78. The van der Waals surface area contributed by atoms with E-state index in [1.54, 1.807) is 16.3 Å². The maximum Gasteiger partial charge on any atom is 0.258 e. The molecule has 1 aliphatic carbocycles. The Morgan fingerprint density at radius 2 is 1.92 bits per heavy atom. The lowest BCUT2D eigenvalue weighted by molar-refractivity contribution is 0.378. The quantitative estimate of drug-likeness (QED) is 0.570. The van der Waals surface area contributed by atoms with Gasteiger partial charge in [0.25, 0.3) is 5.56 Å². The smallest absolute Gasteiger partial charge is 0.258 e. The highest BCUT2D eigenvalue weighted by atomic mass is 32.2. The van der Waals surface area contributed by atoms with Gasteiger partial charge < -0.3 is 0 Å². The molecule has 2 aromatic rings. The molecule has 0 saturated carbocycles. The van der Waals surface area contributed by atoms with E-state index >= 15 is 0 Å². The molecule has 0 bridgehead atoms. The van der Waals surface area contributed by atoms with Crippen molar-refractivity contribution in [3.05, 3.63) is 45.7 Å². The molecule has 1 heterocycles. The summed E-state index contributed by atoms with van der Waals surface area (Å²) in [6.07, 6.45) is 2.85. The zero-order chi connectivity index (χ0) is 18.2. The summed E-state index contributed by atoms with van der Waals surface area (Å²) in [5.41, 5.74) is 4.33. The third kappa shape index (κ3) is 3.05. The zero-order valence-electron chi connectivity index (χ0n) is 15.9. The van der Waals surface area contributed by atoms with E-state index in [1.165, 1.54) is 5.56 Å². The lowest BCUT2D eigenvalue weighted by Crippen LogP contribution is -2.40. The standard InChI is InChI=1S/C21H28N2OS/c1-6-21(7-2)12-15-10-8-9-11-16(15)18-17(21)19(24)23(5)20(22-18)25-13-14(3)4/h8-11,14H,6-7,12-13H2,1-5H3. The summed E-state index contributed by atoms with van der Waals surface area (Å²) in [5.74, 6) is 1.53. The first-order chi connectivity index (χ1) is 11.9. The molecule has 0 atom stereocenters. The normalized spacial score (nSPS) is 15.1.